The topological polar surface area (TPSA) is 75.2 Å². The summed E-state index contributed by atoms with van der Waals surface area (Å²) in [5, 5.41) is 16.1. The van der Waals surface area contributed by atoms with E-state index in [1.165, 1.54) is 0 Å². The van der Waals surface area contributed by atoms with Crippen LogP contribution in [-0.2, 0) is 17.6 Å². The van der Waals surface area contributed by atoms with Crippen LogP contribution in [0.2, 0.25) is 0 Å². The number of fused-ring (bicyclic) bond motifs is 1. The molecule has 0 bridgehead atoms. The van der Waals surface area contributed by atoms with Gasteiger partial charge in [-0.05, 0) is 38.2 Å². The molecule has 2 N–H and O–H groups in total. The van der Waals surface area contributed by atoms with Gasteiger partial charge in [0.2, 0.25) is 6.29 Å². The molecule has 0 radical (unpaired) electrons. The van der Waals surface area contributed by atoms with Crippen molar-refractivity contribution in [1.82, 2.24) is 10.2 Å². The second-order valence-corrected chi connectivity index (χ2v) is 3.91. The minimum atomic E-state index is -1.03. The lowest BCUT2D eigenvalue weighted by Gasteiger charge is -2.19. The first-order valence-corrected chi connectivity index (χ1v) is 5.64. The van der Waals surface area contributed by atoms with Crippen molar-refractivity contribution >= 4 is 0 Å². The van der Waals surface area contributed by atoms with Crippen LogP contribution in [0, 0.1) is 0 Å². The zero-order valence-electron chi connectivity index (χ0n) is 9.32. The molecule has 0 saturated heterocycles. The van der Waals surface area contributed by atoms with Gasteiger partial charge in [-0.3, -0.25) is 4.79 Å². The van der Waals surface area contributed by atoms with Gasteiger partial charge in [0.15, 0.2) is 0 Å². The van der Waals surface area contributed by atoms with Crippen LogP contribution in [0.1, 0.15) is 42.9 Å². The van der Waals surface area contributed by atoms with Crippen LogP contribution in [0.3, 0.4) is 0 Å². The second kappa shape index (κ2) is 4.76. The molecular formula is C11H16N2O3. The van der Waals surface area contributed by atoms with Crippen molar-refractivity contribution in [2.45, 2.75) is 38.9 Å². The van der Waals surface area contributed by atoms with Crippen LogP contribution >= 0.6 is 0 Å². The van der Waals surface area contributed by atoms with Gasteiger partial charge >= 0.3 is 0 Å². The Morgan fingerprint density at radius 3 is 2.81 bits per heavy atom. The van der Waals surface area contributed by atoms with Gasteiger partial charge in [0.25, 0.3) is 5.56 Å². The number of ether oxygens (including phenoxy) is 1. The molecule has 16 heavy (non-hydrogen) atoms. The Morgan fingerprint density at radius 2 is 2.12 bits per heavy atom. The number of hydrogen-bond donors (Lipinski definition) is 2. The molecule has 1 aliphatic carbocycles. The lowest BCUT2D eigenvalue weighted by Crippen LogP contribution is -2.24. The van der Waals surface area contributed by atoms with Gasteiger partial charge in [-0.15, -0.1) is 0 Å². The molecule has 0 saturated carbocycles. The number of aliphatic hydroxyl groups is 1. The van der Waals surface area contributed by atoms with Crippen LogP contribution in [0.15, 0.2) is 4.79 Å². The van der Waals surface area contributed by atoms with Crippen molar-refractivity contribution in [2.24, 2.45) is 0 Å². The van der Waals surface area contributed by atoms with E-state index in [1.54, 1.807) is 6.92 Å². The predicted molar refractivity (Wildman–Crippen MR) is 58.1 cm³/mol. The van der Waals surface area contributed by atoms with Crippen LogP contribution in [0.4, 0.5) is 0 Å². The lowest BCUT2D eigenvalue weighted by atomic mass is 9.91. The number of nitrogens with one attached hydrogen (secondary N) is 1. The maximum absolute atomic E-state index is 11.6. The maximum Gasteiger partial charge on any atom is 0.267 e. The third kappa shape index (κ3) is 2.01. The standard InChI is InChI=1S/C11H16N2O3/c1-2-16-11(15)9-7-5-3-4-6-8(7)10(14)13-12-9/h11,15H,2-6H2,1H3,(H,13,14). The average Bonchev–Trinajstić information content (AvgIpc) is 2.30. The van der Waals surface area contributed by atoms with Gasteiger partial charge < -0.3 is 9.84 Å². The molecule has 1 unspecified atom stereocenters. The second-order valence-electron chi connectivity index (χ2n) is 3.91. The quantitative estimate of drug-likeness (QED) is 0.740. The van der Waals surface area contributed by atoms with Crippen molar-refractivity contribution in [1.29, 1.82) is 0 Å². The number of aromatic amines is 1. The Hall–Kier alpha value is -1.20. The molecule has 1 aromatic rings. The third-order valence-corrected chi connectivity index (χ3v) is 2.89. The lowest BCUT2D eigenvalue weighted by molar-refractivity contribution is -0.102. The molecule has 1 aromatic heterocycles. The Bertz CT molecular complexity index is 428. The molecule has 2 rings (SSSR count). The summed E-state index contributed by atoms with van der Waals surface area (Å²) in [5.41, 5.74) is 1.96. The van der Waals surface area contributed by atoms with Crippen molar-refractivity contribution in [3.63, 3.8) is 0 Å². The normalized spacial score (nSPS) is 16.9. The number of aromatic nitrogens is 2. The number of H-pyrrole nitrogens is 1. The Kier molecular flexibility index (Phi) is 3.36. The fraction of sp³-hybridized carbons (Fsp3) is 0.636. The molecule has 1 heterocycles. The Labute approximate surface area is 93.5 Å². The largest absolute Gasteiger partial charge is 0.363 e. The summed E-state index contributed by atoms with van der Waals surface area (Å²) in [5.74, 6) is 0. The molecule has 5 nitrogen and oxygen atoms in total. The van der Waals surface area contributed by atoms with E-state index in [4.69, 9.17) is 4.74 Å². The highest BCUT2D eigenvalue weighted by molar-refractivity contribution is 5.30. The third-order valence-electron chi connectivity index (χ3n) is 2.89. The number of rotatable bonds is 3. The number of aliphatic hydroxyl groups excluding tert-OH is 1. The summed E-state index contributed by atoms with van der Waals surface area (Å²) in [7, 11) is 0. The molecule has 88 valence electrons. The molecule has 0 aromatic carbocycles. The molecule has 0 amide bonds. The van der Waals surface area contributed by atoms with E-state index in [0.717, 1.165) is 36.8 Å². The first-order chi connectivity index (χ1) is 7.74. The molecule has 0 fully saturated rings. The van der Waals surface area contributed by atoms with Gasteiger partial charge in [0, 0.05) is 12.2 Å². The molecule has 1 aliphatic rings. The van der Waals surface area contributed by atoms with Crippen molar-refractivity contribution < 1.29 is 9.84 Å². The minimum Gasteiger partial charge on any atom is -0.363 e. The van der Waals surface area contributed by atoms with Crippen molar-refractivity contribution in [3.05, 3.63) is 27.2 Å². The first kappa shape index (κ1) is 11.3. The molecule has 5 heteroatoms. The summed E-state index contributed by atoms with van der Waals surface area (Å²) < 4.78 is 5.10. The zero-order valence-corrected chi connectivity index (χ0v) is 9.32. The fourth-order valence-electron chi connectivity index (χ4n) is 2.13. The van der Waals surface area contributed by atoms with E-state index in [1.807, 2.05) is 0 Å². The van der Waals surface area contributed by atoms with Crippen molar-refractivity contribution in [2.75, 3.05) is 6.61 Å². The average molecular weight is 224 g/mol. The highest BCUT2D eigenvalue weighted by Crippen LogP contribution is 2.24. The maximum atomic E-state index is 11.6. The van der Waals surface area contributed by atoms with Crippen molar-refractivity contribution in [3.8, 4) is 0 Å². The van der Waals surface area contributed by atoms with E-state index < -0.39 is 6.29 Å². The Morgan fingerprint density at radius 1 is 1.44 bits per heavy atom. The van der Waals surface area contributed by atoms with Crippen LogP contribution in [0.25, 0.3) is 0 Å². The smallest absolute Gasteiger partial charge is 0.267 e. The molecule has 1 atom stereocenters. The van der Waals surface area contributed by atoms with Gasteiger partial charge in [0.1, 0.15) is 5.69 Å². The SMILES string of the molecule is CCOC(O)c1n[nH]c(=O)c2c1CCCC2. The first-order valence-electron chi connectivity index (χ1n) is 5.64. The Balaban J connectivity index is 2.42. The molecular weight excluding hydrogens is 208 g/mol. The van der Waals surface area contributed by atoms with E-state index in [0.29, 0.717) is 12.3 Å². The monoisotopic (exact) mass is 224 g/mol. The van der Waals surface area contributed by atoms with Gasteiger partial charge in [-0.1, -0.05) is 0 Å². The van der Waals surface area contributed by atoms with Gasteiger partial charge in [-0.25, -0.2) is 5.10 Å². The van der Waals surface area contributed by atoms with Crippen LogP contribution in [-0.4, -0.2) is 21.9 Å². The summed E-state index contributed by atoms with van der Waals surface area (Å²) in [6.07, 6.45) is 2.58. The van der Waals surface area contributed by atoms with Crippen LogP contribution < -0.4 is 5.56 Å². The zero-order chi connectivity index (χ0) is 11.5. The predicted octanol–water partition coefficient (Wildman–Crippen LogP) is 0.676. The summed E-state index contributed by atoms with van der Waals surface area (Å²) in [4.78, 5) is 11.6. The van der Waals surface area contributed by atoms with Gasteiger partial charge in [0.05, 0.1) is 0 Å². The molecule has 0 aliphatic heterocycles. The minimum absolute atomic E-state index is 0.137. The molecule has 0 spiro atoms. The number of hydrogen-bond acceptors (Lipinski definition) is 4. The highest BCUT2D eigenvalue weighted by Gasteiger charge is 2.22. The fourth-order valence-corrected chi connectivity index (χ4v) is 2.13. The summed E-state index contributed by atoms with van der Waals surface area (Å²) in [6, 6.07) is 0. The van der Waals surface area contributed by atoms with E-state index in [9.17, 15) is 9.90 Å². The number of nitrogens with zero attached hydrogens (tertiary/aromatic N) is 1. The van der Waals surface area contributed by atoms with E-state index in [2.05, 4.69) is 10.2 Å². The summed E-state index contributed by atoms with van der Waals surface area (Å²) >= 11 is 0. The van der Waals surface area contributed by atoms with Crippen LogP contribution in [0.5, 0.6) is 0 Å². The van der Waals surface area contributed by atoms with E-state index in [-0.39, 0.29) is 5.56 Å². The van der Waals surface area contributed by atoms with Gasteiger partial charge in [-0.2, -0.15) is 5.10 Å². The van der Waals surface area contributed by atoms with E-state index >= 15 is 0 Å². The summed E-state index contributed by atoms with van der Waals surface area (Å²) in [6.45, 7) is 2.22. The highest BCUT2D eigenvalue weighted by atomic mass is 16.6.